The maximum atomic E-state index is 11.6. The fourth-order valence-corrected chi connectivity index (χ4v) is 6.53. The summed E-state index contributed by atoms with van der Waals surface area (Å²) in [7, 11) is 0. The second kappa shape index (κ2) is 5.44. The van der Waals surface area contributed by atoms with Gasteiger partial charge in [-0.15, -0.1) is 0 Å². The van der Waals surface area contributed by atoms with Crippen LogP contribution in [0.25, 0.3) is 0 Å². The second-order valence-corrected chi connectivity index (χ2v) is 10.1. The molecule has 3 aliphatic carbocycles. The summed E-state index contributed by atoms with van der Waals surface area (Å²) < 4.78 is 0. The van der Waals surface area contributed by atoms with Crippen LogP contribution in [0.3, 0.4) is 0 Å². The van der Waals surface area contributed by atoms with Crippen molar-refractivity contribution in [3.05, 3.63) is 0 Å². The van der Waals surface area contributed by atoms with E-state index in [4.69, 9.17) is 0 Å². The Hall–Kier alpha value is -0.120. The van der Waals surface area contributed by atoms with Gasteiger partial charge in [0.05, 0.1) is 18.3 Å². The maximum absolute atomic E-state index is 11.6. The molecule has 23 heavy (non-hydrogen) atoms. The monoisotopic (exact) mass is 324 g/mol. The molecule has 3 unspecified atom stereocenters. The van der Waals surface area contributed by atoms with E-state index in [0.29, 0.717) is 11.8 Å². The highest BCUT2D eigenvalue weighted by atomic mass is 16.3. The Balaban J connectivity index is 1.89. The number of fused-ring (bicyclic) bond motifs is 3. The lowest BCUT2D eigenvalue weighted by atomic mass is 9.41. The average molecular weight is 325 g/mol. The molecule has 0 aromatic rings. The van der Waals surface area contributed by atoms with Gasteiger partial charge in [-0.05, 0) is 73.0 Å². The summed E-state index contributed by atoms with van der Waals surface area (Å²) in [6.45, 7) is 8.91. The third-order valence-electron chi connectivity index (χ3n) is 8.57. The Morgan fingerprint density at radius 1 is 1.00 bits per heavy atom. The number of aliphatic hydroxyl groups excluding tert-OH is 2. The third kappa shape index (κ3) is 2.41. The molecule has 0 amide bonds. The van der Waals surface area contributed by atoms with E-state index in [1.54, 1.807) is 0 Å². The van der Waals surface area contributed by atoms with E-state index in [-0.39, 0.29) is 22.9 Å². The van der Waals surface area contributed by atoms with Crippen LogP contribution in [0.2, 0.25) is 0 Å². The lowest BCUT2D eigenvalue weighted by molar-refractivity contribution is -0.231. The minimum atomic E-state index is -0.615. The van der Waals surface area contributed by atoms with Gasteiger partial charge in [-0.1, -0.05) is 34.1 Å². The molecule has 3 heteroatoms. The first-order chi connectivity index (χ1) is 10.6. The van der Waals surface area contributed by atoms with Crippen LogP contribution in [-0.2, 0) is 0 Å². The summed E-state index contributed by atoms with van der Waals surface area (Å²) in [5.41, 5.74) is -0.507. The standard InChI is InChI=1S/C20H36O3/c1-17(2)8-5-6-15-19(4)11-10-18(3,16(22)13-21)12-14(19)7-9-20(15,17)23/h14-16,21-23H,5-13H2,1-4H3/t14?,15?,16?,18-,19-,20-/m1/s1. The highest BCUT2D eigenvalue weighted by Gasteiger charge is 2.63. The first-order valence-corrected chi connectivity index (χ1v) is 9.60. The molecule has 0 bridgehead atoms. The van der Waals surface area contributed by atoms with Gasteiger partial charge in [0.25, 0.3) is 0 Å². The number of rotatable bonds is 2. The predicted molar refractivity (Wildman–Crippen MR) is 92.0 cm³/mol. The fourth-order valence-electron chi connectivity index (χ4n) is 6.53. The van der Waals surface area contributed by atoms with Gasteiger partial charge < -0.3 is 15.3 Å². The Bertz CT molecular complexity index is 462. The van der Waals surface area contributed by atoms with Crippen LogP contribution in [0.15, 0.2) is 0 Å². The molecule has 3 saturated carbocycles. The first-order valence-electron chi connectivity index (χ1n) is 9.60. The van der Waals surface area contributed by atoms with Crippen molar-refractivity contribution in [2.45, 2.75) is 90.8 Å². The third-order valence-corrected chi connectivity index (χ3v) is 8.57. The first kappa shape index (κ1) is 17.7. The molecular weight excluding hydrogens is 288 g/mol. The molecule has 6 atom stereocenters. The molecule has 3 rings (SSSR count). The molecule has 3 nitrogen and oxygen atoms in total. The van der Waals surface area contributed by atoms with Crippen LogP contribution in [0.1, 0.15) is 79.1 Å². The quantitative estimate of drug-likeness (QED) is 0.728. The average Bonchev–Trinajstić information content (AvgIpc) is 2.49. The molecule has 0 heterocycles. The molecule has 0 saturated heterocycles. The molecule has 0 aliphatic heterocycles. The maximum Gasteiger partial charge on any atom is 0.0824 e. The molecule has 134 valence electrons. The van der Waals surface area contributed by atoms with Crippen LogP contribution < -0.4 is 0 Å². The van der Waals surface area contributed by atoms with Crippen molar-refractivity contribution in [1.82, 2.24) is 0 Å². The summed E-state index contributed by atoms with van der Waals surface area (Å²) in [6.07, 6.45) is 7.83. The van der Waals surface area contributed by atoms with E-state index in [0.717, 1.165) is 44.9 Å². The molecule has 3 aliphatic rings. The van der Waals surface area contributed by atoms with Crippen molar-refractivity contribution in [2.75, 3.05) is 6.61 Å². The zero-order valence-corrected chi connectivity index (χ0v) is 15.4. The zero-order valence-electron chi connectivity index (χ0n) is 15.4. The largest absolute Gasteiger partial charge is 0.394 e. The summed E-state index contributed by atoms with van der Waals surface area (Å²) in [5, 5.41) is 31.3. The lowest BCUT2D eigenvalue weighted by Gasteiger charge is -2.65. The van der Waals surface area contributed by atoms with Crippen LogP contribution in [0, 0.1) is 28.1 Å². The van der Waals surface area contributed by atoms with Gasteiger partial charge in [0.15, 0.2) is 0 Å². The smallest absolute Gasteiger partial charge is 0.0824 e. The van der Waals surface area contributed by atoms with Crippen molar-refractivity contribution < 1.29 is 15.3 Å². The normalized spacial score (nSPS) is 50.7. The van der Waals surface area contributed by atoms with Crippen molar-refractivity contribution in [2.24, 2.45) is 28.1 Å². The Labute approximate surface area is 141 Å². The van der Waals surface area contributed by atoms with Gasteiger partial charge in [0.1, 0.15) is 0 Å². The second-order valence-electron chi connectivity index (χ2n) is 10.1. The molecule has 3 fully saturated rings. The van der Waals surface area contributed by atoms with E-state index in [1.807, 2.05) is 0 Å². The van der Waals surface area contributed by atoms with Gasteiger partial charge >= 0.3 is 0 Å². The lowest BCUT2D eigenvalue weighted by Crippen LogP contribution is -2.64. The zero-order chi connectivity index (χ0) is 17.1. The number of aliphatic hydroxyl groups is 3. The van der Waals surface area contributed by atoms with E-state index in [1.165, 1.54) is 6.42 Å². The highest BCUT2D eigenvalue weighted by molar-refractivity contribution is 5.13. The van der Waals surface area contributed by atoms with Crippen molar-refractivity contribution >= 4 is 0 Å². The van der Waals surface area contributed by atoms with Crippen molar-refractivity contribution in [1.29, 1.82) is 0 Å². The van der Waals surface area contributed by atoms with Gasteiger partial charge in [0.2, 0.25) is 0 Å². The summed E-state index contributed by atoms with van der Waals surface area (Å²) in [5.74, 6) is 0.940. The molecule has 0 spiro atoms. The molecule has 0 radical (unpaired) electrons. The SMILES string of the molecule is CC1(C)CCCC2[C@]3(C)CC[C@@](C)(C(O)CO)CC3CC[C@@]21O. The molecule has 0 aromatic heterocycles. The van der Waals surface area contributed by atoms with Crippen LogP contribution in [0.5, 0.6) is 0 Å². The van der Waals surface area contributed by atoms with E-state index in [9.17, 15) is 15.3 Å². The summed E-state index contributed by atoms with van der Waals surface area (Å²) in [6, 6.07) is 0. The Morgan fingerprint density at radius 2 is 1.70 bits per heavy atom. The summed E-state index contributed by atoms with van der Waals surface area (Å²) >= 11 is 0. The molecule has 3 N–H and O–H groups in total. The topological polar surface area (TPSA) is 60.7 Å². The highest BCUT2D eigenvalue weighted by Crippen LogP contribution is 2.66. The van der Waals surface area contributed by atoms with Crippen LogP contribution in [0.4, 0.5) is 0 Å². The Morgan fingerprint density at radius 3 is 2.35 bits per heavy atom. The van der Waals surface area contributed by atoms with E-state index in [2.05, 4.69) is 27.7 Å². The number of hydrogen-bond donors (Lipinski definition) is 3. The fraction of sp³-hybridized carbons (Fsp3) is 1.00. The van der Waals surface area contributed by atoms with Crippen LogP contribution in [-0.4, -0.2) is 33.6 Å². The number of hydrogen-bond acceptors (Lipinski definition) is 3. The van der Waals surface area contributed by atoms with Gasteiger partial charge in [-0.2, -0.15) is 0 Å². The van der Waals surface area contributed by atoms with Crippen LogP contribution >= 0.6 is 0 Å². The van der Waals surface area contributed by atoms with Gasteiger partial charge in [-0.3, -0.25) is 0 Å². The Kier molecular flexibility index (Phi) is 4.18. The molecular formula is C20H36O3. The van der Waals surface area contributed by atoms with Crippen molar-refractivity contribution in [3.63, 3.8) is 0 Å². The van der Waals surface area contributed by atoms with E-state index < -0.39 is 11.7 Å². The predicted octanol–water partition coefficient (Wildman–Crippen LogP) is 3.50. The summed E-state index contributed by atoms with van der Waals surface area (Å²) in [4.78, 5) is 0. The molecule has 0 aromatic carbocycles. The minimum Gasteiger partial charge on any atom is -0.394 e. The van der Waals surface area contributed by atoms with Crippen molar-refractivity contribution in [3.8, 4) is 0 Å². The minimum absolute atomic E-state index is 0.00919. The van der Waals surface area contributed by atoms with Gasteiger partial charge in [0, 0.05) is 0 Å². The van der Waals surface area contributed by atoms with Gasteiger partial charge in [-0.25, -0.2) is 0 Å². The van der Waals surface area contributed by atoms with E-state index >= 15 is 0 Å².